The van der Waals surface area contributed by atoms with E-state index >= 15 is 0 Å². The third-order valence-electron chi connectivity index (χ3n) is 6.87. The Morgan fingerprint density at radius 3 is 2.34 bits per heavy atom. The van der Waals surface area contributed by atoms with Crippen molar-refractivity contribution >= 4 is 27.5 Å². The molecule has 8 nitrogen and oxygen atoms in total. The zero-order valence-corrected chi connectivity index (χ0v) is 23.2. The Kier molecular flexibility index (Phi) is 10.5. The van der Waals surface area contributed by atoms with E-state index in [0.29, 0.717) is 12.2 Å². The number of benzene rings is 2. The molecule has 2 aromatic rings. The number of ether oxygens (including phenoxy) is 1. The van der Waals surface area contributed by atoms with Crippen molar-refractivity contribution in [3.63, 3.8) is 0 Å². The largest absolute Gasteiger partial charge is 0.497 e. The lowest BCUT2D eigenvalue weighted by Crippen LogP contribution is -2.51. The van der Waals surface area contributed by atoms with E-state index in [9.17, 15) is 22.4 Å². The second-order valence-corrected chi connectivity index (χ2v) is 11.6. The third-order valence-corrected chi connectivity index (χ3v) is 8.05. The normalized spacial score (nSPS) is 14.6. The highest BCUT2D eigenvalue weighted by molar-refractivity contribution is 7.92. The Morgan fingerprint density at radius 2 is 1.76 bits per heavy atom. The molecule has 1 fully saturated rings. The second kappa shape index (κ2) is 13.6. The van der Waals surface area contributed by atoms with Gasteiger partial charge in [-0.25, -0.2) is 12.8 Å². The molecule has 0 bridgehead atoms. The predicted molar refractivity (Wildman–Crippen MR) is 146 cm³/mol. The lowest BCUT2D eigenvalue weighted by molar-refractivity contribution is -0.141. The van der Waals surface area contributed by atoms with Crippen LogP contribution in [0.25, 0.3) is 0 Å². The Bertz CT molecular complexity index is 1180. The van der Waals surface area contributed by atoms with Gasteiger partial charge in [-0.2, -0.15) is 0 Å². The van der Waals surface area contributed by atoms with Gasteiger partial charge in [-0.3, -0.25) is 13.9 Å². The van der Waals surface area contributed by atoms with Crippen LogP contribution in [0.3, 0.4) is 0 Å². The molecule has 1 atom stereocenters. The Labute approximate surface area is 225 Å². The smallest absolute Gasteiger partial charge is 0.243 e. The quantitative estimate of drug-likeness (QED) is 0.405. The number of methoxy groups -OCH3 is 1. The Hall–Kier alpha value is -3.14. The molecular formula is C28H38FN3O5S. The molecule has 1 saturated carbocycles. The number of nitrogens with zero attached hydrogens (tertiary/aromatic N) is 2. The maximum Gasteiger partial charge on any atom is 0.243 e. The second-order valence-electron chi connectivity index (χ2n) is 9.67. The van der Waals surface area contributed by atoms with Gasteiger partial charge in [0.25, 0.3) is 0 Å². The summed E-state index contributed by atoms with van der Waals surface area (Å²) in [7, 11) is -2.19. The van der Waals surface area contributed by atoms with Crippen molar-refractivity contribution in [1.29, 1.82) is 0 Å². The number of sulfonamides is 1. The SMILES string of the molecule is CC[C@H](C(=O)NC1CCCC1)N(Cc1ccc(OC)cc1)C(=O)CCCN(c1ccccc1F)S(C)(=O)=O. The lowest BCUT2D eigenvalue weighted by Gasteiger charge is -2.32. The first-order valence-electron chi connectivity index (χ1n) is 13.1. The van der Waals surface area contributed by atoms with E-state index in [1.165, 1.54) is 18.2 Å². The number of amides is 2. The Balaban J connectivity index is 1.76. The minimum absolute atomic E-state index is 0.00381. The summed E-state index contributed by atoms with van der Waals surface area (Å²) in [4.78, 5) is 28.3. The summed E-state index contributed by atoms with van der Waals surface area (Å²) >= 11 is 0. The molecule has 38 heavy (non-hydrogen) atoms. The number of para-hydroxylation sites is 1. The fraction of sp³-hybridized carbons (Fsp3) is 0.500. The molecule has 1 aliphatic rings. The maximum atomic E-state index is 14.4. The average Bonchev–Trinajstić information content (AvgIpc) is 3.39. The highest BCUT2D eigenvalue weighted by atomic mass is 32.2. The molecule has 0 saturated heterocycles. The van der Waals surface area contributed by atoms with Gasteiger partial charge in [0.1, 0.15) is 17.6 Å². The molecule has 0 aliphatic heterocycles. The van der Waals surface area contributed by atoms with Crippen LogP contribution in [0.4, 0.5) is 10.1 Å². The molecule has 3 rings (SSSR count). The molecule has 10 heteroatoms. The molecule has 0 radical (unpaired) electrons. The fourth-order valence-corrected chi connectivity index (χ4v) is 5.82. The van der Waals surface area contributed by atoms with Crippen LogP contribution >= 0.6 is 0 Å². The molecule has 2 amide bonds. The van der Waals surface area contributed by atoms with Crippen LogP contribution in [0.1, 0.15) is 57.4 Å². The van der Waals surface area contributed by atoms with Crippen molar-refractivity contribution in [3.05, 3.63) is 59.9 Å². The number of nitrogens with one attached hydrogen (secondary N) is 1. The summed E-state index contributed by atoms with van der Waals surface area (Å²) < 4.78 is 45.4. The first-order chi connectivity index (χ1) is 18.1. The van der Waals surface area contributed by atoms with Gasteiger partial charge >= 0.3 is 0 Å². The first kappa shape index (κ1) is 29.4. The van der Waals surface area contributed by atoms with Crippen molar-refractivity contribution in [2.24, 2.45) is 0 Å². The van der Waals surface area contributed by atoms with Gasteiger partial charge in [0.2, 0.25) is 21.8 Å². The summed E-state index contributed by atoms with van der Waals surface area (Å²) in [5.41, 5.74) is 0.787. The highest BCUT2D eigenvalue weighted by Crippen LogP contribution is 2.23. The molecule has 0 heterocycles. The number of halogens is 1. The van der Waals surface area contributed by atoms with Gasteiger partial charge in [-0.1, -0.05) is 44.0 Å². The molecule has 2 aromatic carbocycles. The van der Waals surface area contributed by atoms with Crippen molar-refractivity contribution in [2.75, 3.05) is 24.2 Å². The summed E-state index contributed by atoms with van der Waals surface area (Å²) in [5.74, 6) is -0.409. The molecule has 0 aromatic heterocycles. The van der Waals surface area contributed by atoms with E-state index in [2.05, 4.69) is 5.32 Å². The lowest BCUT2D eigenvalue weighted by atomic mass is 10.1. The van der Waals surface area contributed by atoms with Crippen LogP contribution in [-0.4, -0.2) is 57.1 Å². The van der Waals surface area contributed by atoms with Gasteiger partial charge in [0.15, 0.2) is 0 Å². The number of carbonyl (C=O) groups excluding carboxylic acids is 2. The van der Waals surface area contributed by atoms with Gasteiger partial charge < -0.3 is 15.0 Å². The highest BCUT2D eigenvalue weighted by Gasteiger charge is 2.31. The molecular weight excluding hydrogens is 509 g/mol. The van der Waals surface area contributed by atoms with Crippen molar-refractivity contribution in [3.8, 4) is 5.75 Å². The van der Waals surface area contributed by atoms with E-state index < -0.39 is 21.9 Å². The molecule has 208 valence electrons. The minimum Gasteiger partial charge on any atom is -0.497 e. The standard InChI is InChI=1S/C28H38FN3O5S/c1-4-25(28(34)30-22-10-5-6-11-22)31(20-21-15-17-23(37-2)18-16-21)27(33)14-9-19-32(38(3,35)36)26-13-8-7-12-24(26)29/h7-8,12-13,15-18,22,25H,4-6,9-11,14,19-20H2,1-3H3,(H,30,34)/t25-/m1/s1. The van der Waals surface area contributed by atoms with Crippen LogP contribution in [0.15, 0.2) is 48.5 Å². The number of anilines is 1. The van der Waals surface area contributed by atoms with Crippen LogP contribution in [0.2, 0.25) is 0 Å². The zero-order valence-electron chi connectivity index (χ0n) is 22.4. The van der Waals surface area contributed by atoms with Gasteiger partial charge in [-0.05, 0) is 55.5 Å². The molecule has 0 unspecified atom stereocenters. The monoisotopic (exact) mass is 547 g/mol. The average molecular weight is 548 g/mol. The summed E-state index contributed by atoms with van der Waals surface area (Å²) in [5, 5.41) is 3.11. The van der Waals surface area contributed by atoms with E-state index in [0.717, 1.165) is 41.8 Å². The summed E-state index contributed by atoms with van der Waals surface area (Å²) in [6, 6.07) is 12.4. The van der Waals surface area contributed by atoms with Crippen LogP contribution < -0.4 is 14.4 Å². The van der Waals surface area contributed by atoms with Gasteiger partial charge in [-0.15, -0.1) is 0 Å². The number of rotatable bonds is 13. The topological polar surface area (TPSA) is 96.0 Å². The molecule has 1 N–H and O–H groups in total. The van der Waals surface area contributed by atoms with Crippen LogP contribution in [0, 0.1) is 5.82 Å². The number of hydrogen-bond acceptors (Lipinski definition) is 5. The van der Waals surface area contributed by atoms with Crippen molar-refractivity contribution < 1.29 is 27.1 Å². The van der Waals surface area contributed by atoms with Gasteiger partial charge in [0.05, 0.1) is 19.1 Å². The number of carbonyl (C=O) groups is 2. The first-order valence-corrected chi connectivity index (χ1v) is 14.9. The van der Waals surface area contributed by atoms with Crippen LogP contribution in [0.5, 0.6) is 5.75 Å². The van der Waals surface area contributed by atoms with E-state index in [-0.39, 0.29) is 49.5 Å². The molecule has 0 spiro atoms. The van der Waals surface area contributed by atoms with Crippen LogP contribution in [-0.2, 0) is 26.2 Å². The van der Waals surface area contributed by atoms with Crippen molar-refractivity contribution in [1.82, 2.24) is 10.2 Å². The predicted octanol–water partition coefficient (Wildman–Crippen LogP) is 4.25. The minimum atomic E-state index is -3.77. The Morgan fingerprint density at radius 1 is 1.11 bits per heavy atom. The zero-order chi connectivity index (χ0) is 27.7. The molecule has 1 aliphatic carbocycles. The summed E-state index contributed by atoms with van der Waals surface area (Å²) in [6.45, 7) is 2.03. The third kappa shape index (κ3) is 7.93. The maximum absolute atomic E-state index is 14.4. The number of hydrogen-bond donors (Lipinski definition) is 1. The summed E-state index contributed by atoms with van der Waals surface area (Å²) in [6.07, 6.45) is 5.65. The van der Waals surface area contributed by atoms with Gasteiger partial charge in [0, 0.05) is 25.6 Å². The van der Waals surface area contributed by atoms with Crippen molar-refractivity contribution in [2.45, 2.75) is 70.5 Å². The van der Waals surface area contributed by atoms with E-state index in [1.807, 2.05) is 19.1 Å². The van der Waals surface area contributed by atoms with E-state index in [1.54, 1.807) is 30.2 Å². The van der Waals surface area contributed by atoms with E-state index in [4.69, 9.17) is 4.74 Å². The fourth-order valence-electron chi connectivity index (χ4n) is 4.85.